The molecule has 0 unspecified atom stereocenters. The second kappa shape index (κ2) is 7.48. The first-order valence-corrected chi connectivity index (χ1v) is 7.02. The SMILES string of the molecule is CC(C)(C)OC=O.O=C(CC1CC1)N1CCNCC1. The Morgan fingerprint density at radius 3 is 2.26 bits per heavy atom. The third kappa shape index (κ3) is 7.82. The molecule has 0 aromatic rings. The molecular formula is C14H26N2O3. The van der Waals surface area contributed by atoms with Crippen molar-refractivity contribution in [3.8, 4) is 0 Å². The van der Waals surface area contributed by atoms with Gasteiger partial charge in [0.25, 0.3) is 6.47 Å². The van der Waals surface area contributed by atoms with Gasteiger partial charge in [0.05, 0.1) is 0 Å². The maximum atomic E-state index is 11.5. The van der Waals surface area contributed by atoms with Crippen LogP contribution >= 0.6 is 0 Å². The van der Waals surface area contributed by atoms with Gasteiger partial charge >= 0.3 is 0 Å². The van der Waals surface area contributed by atoms with Crippen LogP contribution in [0.3, 0.4) is 0 Å². The van der Waals surface area contributed by atoms with E-state index in [4.69, 9.17) is 0 Å². The topological polar surface area (TPSA) is 58.6 Å². The third-order valence-corrected chi connectivity index (χ3v) is 3.03. The van der Waals surface area contributed by atoms with Gasteiger partial charge in [-0.2, -0.15) is 0 Å². The van der Waals surface area contributed by atoms with E-state index in [1.807, 2.05) is 25.7 Å². The van der Waals surface area contributed by atoms with Crippen LogP contribution in [0, 0.1) is 5.92 Å². The van der Waals surface area contributed by atoms with Gasteiger partial charge in [0.1, 0.15) is 5.60 Å². The lowest BCUT2D eigenvalue weighted by atomic mass is 10.2. The number of ether oxygens (including phenoxy) is 1. The Morgan fingerprint density at radius 1 is 1.32 bits per heavy atom. The summed E-state index contributed by atoms with van der Waals surface area (Å²) in [6.07, 6.45) is 3.36. The van der Waals surface area contributed by atoms with Crippen LogP contribution in [0.2, 0.25) is 0 Å². The quantitative estimate of drug-likeness (QED) is 0.782. The molecule has 5 heteroatoms. The molecule has 5 nitrogen and oxygen atoms in total. The van der Waals surface area contributed by atoms with Gasteiger partial charge in [-0.1, -0.05) is 0 Å². The number of carbonyl (C=O) groups is 2. The van der Waals surface area contributed by atoms with E-state index >= 15 is 0 Å². The van der Waals surface area contributed by atoms with Gasteiger partial charge in [-0.25, -0.2) is 0 Å². The first-order chi connectivity index (χ1) is 8.92. The molecule has 1 saturated carbocycles. The first-order valence-electron chi connectivity index (χ1n) is 7.02. The number of amides is 1. The average molecular weight is 270 g/mol. The molecule has 0 aromatic carbocycles. The summed E-state index contributed by atoms with van der Waals surface area (Å²) in [6.45, 7) is 9.67. The predicted molar refractivity (Wildman–Crippen MR) is 73.7 cm³/mol. The number of nitrogens with zero attached hydrogens (tertiary/aromatic N) is 1. The zero-order valence-electron chi connectivity index (χ0n) is 12.3. The second-order valence-electron chi connectivity index (χ2n) is 6.10. The van der Waals surface area contributed by atoms with Crippen molar-refractivity contribution in [1.82, 2.24) is 10.2 Å². The van der Waals surface area contributed by atoms with Crippen molar-refractivity contribution in [3.05, 3.63) is 0 Å². The highest BCUT2D eigenvalue weighted by molar-refractivity contribution is 5.76. The third-order valence-electron chi connectivity index (χ3n) is 3.03. The summed E-state index contributed by atoms with van der Waals surface area (Å²) in [5.74, 6) is 1.10. The Labute approximate surface area is 115 Å². The van der Waals surface area contributed by atoms with Crippen LogP contribution in [-0.4, -0.2) is 49.1 Å². The molecule has 1 heterocycles. The fraction of sp³-hybridized carbons (Fsp3) is 0.857. The molecular weight excluding hydrogens is 244 g/mol. The van der Waals surface area contributed by atoms with Crippen LogP contribution in [0.5, 0.6) is 0 Å². The lowest BCUT2D eigenvalue weighted by Gasteiger charge is -2.27. The molecule has 1 N–H and O–H groups in total. The van der Waals surface area contributed by atoms with Gasteiger partial charge in [-0.3, -0.25) is 9.59 Å². The normalized spacial score (nSPS) is 19.2. The number of rotatable bonds is 3. The van der Waals surface area contributed by atoms with Crippen LogP contribution in [0.15, 0.2) is 0 Å². The Hall–Kier alpha value is -1.10. The fourth-order valence-electron chi connectivity index (χ4n) is 1.76. The summed E-state index contributed by atoms with van der Waals surface area (Å²) in [5.41, 5.74) is -0.318. The predicted octanol–water partition coefficient (Wildman–Crippen LogP) is 1.18. The molecule has 0 aromatic heterocycles. The van der Waals surface area contributed by atoms with Crippen LogP contribution in [-0.2, 0) is 14.3 Å². The maximum absolute atomic E-state index is 11.5. The molecule has 1 aliphatic heterocycles. The summed E-state index contributed by atoms with van der Waals surface area (Å²) >= 11 is 0. The van der Waals surface area contributed by atoms with Gasteiger partial charge < -0.3 is 15.0 Å². The highest BCUT2D eigenvalue weighted by Gasteiger charge is 2.27. The molecule has 1 aliphatic carbocycles. The standard InChI is InChI=1S/C9H16N2O.C5H10O2/c12-9(7-8-1-2-8)11-5-3-10-4-6-11;1-5(2,3)7-4-6/h8,10H,1-7H2;4H,1-3H3. The van der Waals surface area contributed by atoms with E-state index < -0.39 is 0 Å². The monoisotopic (exact) mass is 270 g/mol. The van der Waals surface area contributed by atoms with Gasteiger partial charge in [-0.05, 0) is 39.5 Å². The Balaban J connectivity index is 0.000000224. The van der Waals surface area contributed by atoms with Gasteiger partial charge in [-0.15, -0.1) is 0 Å². The zero-order chi connectivity index (χ0) is 14.3. The van der Waals surface area contributed by atoms with Crippen LogP contribution < -0.4 is 5.32 Å². The van der Waals surface area contributed by atoms with E-state index in [0.29, 0.717) is 12.4 Å². The van der Waals surface area contributed by atoms with E-state index in [9.17, 15) is 9.59 Å². The molecule has 2 rings (SSSR count). The second-order valence-corrected chi connectivity index (χ2v) is 6.10. The highest BCUT2D eigenvalue weighted by atomic mass is 16.5. The first kappa shape index (κ1) is 16.0. The Morgan fingerprint density at radius 2 is 1.89 bits per heavy atom. The summed E-state index contributed by atoms with van der Waals surface area (Å²) in [7, 11) is 0. The summed E-state index contributed by atoms with van der Waals surface area (Å²) < 4.78 is 4.55. The van der Waals surface area contributed by atoms with Crippen molar-refractivity contribution in [3.63, 3.8) is 0 Å². The minimum absolute atomic E-state index is 0.318. The lowest BCUT2D eigenvalue weighted by molar-refractivity contribution is -0.138. The average Bonchev–Trinajstić information content (AvgIpc) is 3.13. The summed E-state index contributed by atoms with van der Waals surface area (Å²) in [4.78, 5) is 23.1. The minimum atomic E-state index is -0.318. The molecule has 0 spiro atoms. The van der Waals surface area contributed by atoms with Crippen LogP contribution in [0.25, 0.3) is 0 Å². The van der Waals surface area contributed by atoms with Crippen molar-refractivity contribution in [2.45, 2.75) is 45.6 Å². The minimum Gasteiger partial charge on any atom is -0.462 e. The summed E-state index contributed by atoms with van der Waals surface area (Å²) in [6, 6.07) is 0. The maximum Gasteiger partial charge on any atom is 0.293 e. The van der Waals surface area contributed by atoms with Gasteiger partial charge in [0.15, 0.2) is 0 Å². The Bertz CT molecular complexity index is 290. The van der Waals surface area contributed by atoms with E-state index in [1.54, 1.807) is 0 Å². The number of carbonyl (C=O) groups excluding carboxylic acids is 2. The lowest BCUT2D eigenvalue weighted by Crippen LogP contribution is -2.46. The fourth-order valence-corrected chi connectivity index (χ4v) is 1.76. The number of nitrogens with one attached hydrogen (secondary N) is 1. The molecule has 110 valence electrons. The molecule has 1 saturated heterocycles. The number of hydrogen-bond acceptors (Lipinski definition) is 4. The van der Waals surface area contributed by atoms with E-state index in [-0.39, 0.29) is 5.60 Å². The molecule has 19 heavy (non-hydrogen) atoms. The molecule has 0 atom stereocenters. The molecule has 0 radical (unpaired) electrons. The van der Waals surface area contributed by atoms with Crippen molar-refractivity contribution in [2.75, 3.05) is 26.2 Å². The largest absolute Gasteiger partial charge is 0.462 e. The Kier molecular flexibility index (Phi) is 6.28. The van der Waals surface area contributed by atoms with E-state index in [1.165, 1.54) is 12.8 Å². The summed E-state index contributed by atoms with van der Waals surface area (Å²) in [5, 5.41) is 3.24. The van der Waals surface area contributed by atoms with Crippen molar-refractivity contribution in [2.24, 2.45) is 5.92 Å². The number of piperazine rings is 1. The van der Waals surface area contributed by atoms with Gasteiger partial charge in [0, 0.05) is 32.6 Å². The van der Waals surface area contributed by atoms with Crippen molar-refractivity contribution in [1.29, 1.82) is 0 Å². The van der Waals surface area contributed by atoms with E-state index in [2.05, 4.69) is 10.1 Å². The van der Waals surface area contributed by atoms with Gasteiger partial charge in [0.2, 0.25) is 5.91 Å². The van der Waals surface area contributed by atoms with Crippen molar-refractivity contribution < 1.29 is 14.3 Å². The zero-order valence-corrected chi connectivity index (χ0v) is 12.3. The molecule has 1 amide bonds. The number of hydrogen-bond donors (Lipinski definition) is 1. The highest BCUT2D eigenvalue weighted by Crippen LogP contribution is 2.32. The molecule has 2 aliphatic rings. The molecule has 2 fully saturated rings. The van der Waals surface area contributed by atoms with Crippen LogP contribution in [0.1, 0.15) is 40.0 Å². The smallest absolute Gasteiger partial charge is 0.293 e. The molecule has 0 bridgehead atoms. The van der Waals surface area contributed by atoms with Crippen LogP contribution in [0.4, 0.5) is 0 Å². The van der Waals surface area contributed by atoms with Crippen molar-refractivity contribution >= 4 is 12.4 Å². The van der Waals surface area contributed by atoms with E-state index in [0.717, 1.165) is 38.5 Å².